The Morgan fingerprint density at radius 3 is 2.52 bits per heavy atom. The normalized spacial score (nSPS) is 10.1. The molecular weight excluding hydrogens is 300 g/mol. The Morgan fingerprint density at radius 1 is 1.14 bits per heavy atom. The summed E-state index contributed by atoms with van der Waals surface area (Å²) in [6.45, 7) is 0.0192. The summed E-state index contributed by atoms with van der Waals surface area (Å²) < 4.78 is 0. The molecule has 0 saturated carbocycles. The van der Waals surface area contributed by atoms with Gasteiger partial charge in [0.2, 0.25) is 5.82 Å². The zero-order valence-corrected chi connectivity index (χ0v) is 11.3. The first-order chi connectivity index (χ1) is 10.0. The van der Waals surface area contributed by atoms with Crippen molar-refractivity contribution in [2.45, 2.75) is 6.54 Å². The lowest BCUT2D eigenvalue weighted by Crippen LogP contribution is -2.06. The minimum absolute atomic E-state index is 0.0192. The van der Waals surface area contributed by atoms with Gasteiger partial charge < -0.3 is 5.32 Å². The highest BCUT2D eigenvalue weighted by Gasteiger charge is 2.20. The van der Waals surface area contributed by atoms with Gasteiger partial charge in [-0.05, 0) is 6.07 Å². The average molecular weight is 309 g/mol. The van der Waals surface area contributed by atoms with Crippen LogP contribution in [-0.4, -0.2) is 14.8 Å². The minimum atomic E-state index is -0.656. The van der Waals surface area contributed by atoms with Crippen molar-refractivity contribution >= 4 is 28.8 Å². The van der Waals surface area contributed by atoms with Crippen LogP contribution in [0.25, 0.3) is 0 Å². The molecule has 0 aliphatic carbocycles. The quantitative estimate of drug-likeness (QED) is 0.670. The largest absolute Gasteiger partial charge is 0.360 e. The molecule has 1 N–H and O–H groups in total. The third-order valence-electron chi connectivity index (χ3n) is 2.69. The molecule has 0 unspecified atom stereocenters. The van der Waals surface area contributed by atoms with E-state index in [2.05, 4.69) is 10.3 Å². The molecule has 0 spiro atoms. The van der Waals surface area contributed by atoms with E-state index in [1.54, 1.807) is 18.2 Å². The fraction of sp³-hybridized carbons (Fsp3) is 0.0833. The molecule has 0 aliphatic heterocycles. The summed E-state index contributed by atoms with van der Waals surface area (Å²) in [5.74, 6) is -0.0364. The van der Waals surface area contributed by atoms with Crippen LogP contribution in [0.15, 0.2) is 36.5 Å². The van der Waals surface area contributed by atoms with Crippen molar-refractivity contribution in [3.8, 4) is 0 Å². The van der Waals surface area contributed by atoms with E-state index in [1.165, 1.54) is 18.3 Å². The standard InChI is InChI=1S/C12H9ClN4O4/c13-9-5-6-14-12(11(9)17(20)21)15-7-8-3-1-2-4-10(8)16(18)19/h1-6H,7H2,(H,14,15). The Bertz CT molecular complexity index is 707. The summed E-state index contributed by atoms with van der Waals surface area (Å²) in [5.41, 5.74) is -0.0500. The highest BCUT2D eigenvalue weighted by Crippen LogP contribution is 2.31. The zero-order chi connectivity index (χ0) is 15.4. The molecule has 0 bridgehead atoms. The number of hydrogen-bond acceptors (Lipinski definition) is 6. The van der Waals surface area contributed by atoms with Gasteiger partial charge in [0.1, 0.15) is 5.02 Å². The van der Waals surface area contributed by atoms with Crippen LogP contribution >= 0.6 is 11.6 Å². The summed E-state index contributed by atoms with van der Waals surface area (Å²) in [4.78, 5) is 24.5. The summed E-state index contributed by atoms with van der Waals surface area (Å²) in [7, 11) is 0. The van der Waals surface area contributed by atoms with E-state index in [0.717, 1.165) is 0 Å². The predicted octanol–water partition coefficient (Wildman–Crippen LogP) is 3.16. The molecule has 0 aliphatic rings. The molecule has 21 heavy (non-hydrogen) atoms. The monoisotopic (exact) mass is 308 g/mol. The van der Waals surface area contributed by atoms with Crippen LogP contribution in [0.3, 0.4) is 0 Å². The van der Waals surface area contributed by atoms with Crippen LogP contribution in [0.4, 0.5) is 17.2 Å². The van der Waals surface area contributed by atoms with E-state index >= 15 is 0 Å². The van der Waals surface area contributed by atoms with Gasteiger partial charge in [-0.2, -0.15) is 0 Å². The third kappa shape index (κ3) is 3.23. The Hall–Kier alpha value is -2.74. The number of nitro groups is 2. The molecule has 1 heterocycles. The van der Waals surface area contributed by atoms with Crippen molar-refractivity contribution in [2.24, 2.45) is 0 Å². The van der Waals surface area contributed by atoms with Gasteiger partial charge in [-0.25, -0.2) is 4.98 Å². The van der Waals surface area contributed by atoms with Gasteiger partial charge in [0.25, 0.3) is 5.69 Å². The number of para-hydroxylation sites is 1. The molecule has 0 amide bonds. The highest BCUT2D eigenvalue weighted by molar-refractivity contribution is 6.33. The molecule has 2 rings (SSSR count). The topological polar surface area (TPSA) is 111 Å². The number of aromatic nitrogens is 1. The lowest BCUT2D eigenvalue weighted by Gasteiger charge is -2.07. The molecule has 8 nitrogen and oxygen atoms in total. The first kappa shape index (κ1) is 14.7. The Balaban J connectivity index is 2.28. The number of pyridine rings is 1. The van der Waals surface area contributed by atoms with Crippen molar-refractivity contribution in [2.75, 3.05) is 5.32 Å². The van der Waals surface area contributed by atoms with Crippen LogP contribution in [0.5, 0.6) is 0 Å². The van der Waals surface area contributed by atoms with Gasteiger partial charge in [-0.1, -0.05) is 29.8 Å². The maximum atomic E-state index is 11.0. The maximum absolute atomic E-state index is 11.0. The second-order valence-electron chi connectivity index (χ2n) is 3.99. The first-order valence-corrected chi connectivity index (χ1v) is 6.13. The summed E-state index contributed by atoms with van der Waals surface area (Å²) in [5, 5.41) is 24.5. The third-order valence-corrected chi connectivity index (χ3v) is 3.00. The van der Waals surface area contributed by atoms with Gasteiger partial charge >= 0.3 is 5.69 Å². The summed E-state index contributed by atoms with van der Waals surface area (Å²) >= 11 is 5.76. The summed E-state index contributed by atoms with van der Waals surface area (Å²) in [6.07, 6.45) is 1.32. The second-order valence-corrected chi connectivity index (χ2v) is 4.39. The van der Waals surface area contributed by atoms with Crippen molar-refractivity contribution in [3.63, 3.8) is 0 Å². The van der Waals surface area contributed by atoms with Gasteiger partial charge in [0.15, 0.2) is 0 Å². The molecule has 1 aromatic carbocycles. The van der Waals surface area contributed by atoms with Crippen molar-refractivity contribution in [1.29, 1.82) is 0 Å². The zero-order valence-electron chi connectivity index (χ0n) is 10.5. The number of nitrogens with zero attached hydrogens (tertiary/aromatic N) is 3. The number of nitrogens with one attached hydrogen (secondary N) is 1. The van der Waals surface area contributed by atoms with Gasteiger partial charge in [0.05, 0.1) is 9.85 Å². The van der Waals surface area contributed by atoms with E-state index in [1.807, 2.05) is 0 Å². The maximum Gasteiger partial charge on any atom is 0.329 e. The SMILES string of the molecule is O=[N+]([O-])c1ccccc1CNc1nccc(Cl)c1[N+](=O)[O-]. The number of anilines is 1. The molecule has 2 aromatic rings. The van der Waals surface area contributed by atoms with Crippen molar-refractivity contribution in [1.82, 2.24) is 4.98 Å². The number of benzene rings is 1. The second kappa shape index (κ2) is 6.14. The van der Waals surface area contributed by atoms with E-state index in [9.17, 15) is 20.2 Å². The number of halogens is 1. The first-order valence-electron chi connectivity index (χ1n) is 5.75. The lowest BCUT2D eigenvalue weighted by molar-refractivity contribution is -0.385. The molecular formula is C12H9ClN4O4. The van der Waals surface area contributed by atoms with E-state index in [-0.39, 0.29) is 28.8 Å². The molecule has 9 heteroatoms. The van der Waals surface area contributed by atoms with E-state index < -0.39 is 9.85 Å². The number of hydrogen-bond donors (Lipinski definition) is 1. The fourth-order valence-electron chi connectivity index (χ4n) is 1.75. The fourth-order valence-corrected chi connectivity index (χ4v) is 1.97. The van der Waals surface area contributed by atoms with Crippen LogP contribution in [0.2, 0.25) is 5.02 Å². The predicted molar refractivity (Wildman–Crippen MR) is 76.3 cm³/mol. The number of rotatable bonds is 5. The van der Waals surface area contributed by atoms with E-state index in [0.29, 0.717) is 5.56 Å². The van der Waals surface area contributed by atoms with Crippen molar-refractivity contribution in [3.05, 3.63) is 67.3 Å². The smallest absolute Gasteiger partial charge is 0.329 e. The van der Waals surface area contributed by atoms with Gasteiger partial charge in [0, 0.05) is 24.4 Å². The molecule has 0 radical (unpaired) electrons. The molecule has 0 saturated heterocycles. The van der Waals surface area contributed by atoms with Crippen LogP contribution in [0, 0.1) is 20.2 Å². The lowest BCUT2D eigenvalue weighted by atomic mass is 10.2. The van der Waals surface area contributed by atoms with E-state index in [4.69, 9.17) is 11.6 Å². The van der Waals surface area contributed by atoms with Crippen molar-refractivity contribution < 1.29 is 9.85 Å². The molecule has 108 valence electrons. The minimum Gasteiger partial charge on any atom is -0.360 e. The molecule has 0 atom stereocenters. The molecule has 1 aromatic heterocycles. The Labute approximate surface area is 123 Å². The van der Waals surface area contributed by atoms with Crippen LogP contribution in [0.1, 0.15) is 5.56 Å². The Kier molecular flexibility index (Phi) is 4.29. The average Bonchev–Trinajstić information content (AvgIpc) is 2.44. The summed E-state index contributed by atoms with van der Waals surface area (Å²) in [6, 6.07) is 7.40. The van der Waals surface area contributed by atoms with Gasteiger partial charge in [-0.15, -0.1) is 0 Å². The van der Waals surface area contributed by atoms with Crippen LogP contribution in [-0.2, 0) is 6.54 Å². The number of nitro benzene ring substituents is 1. The highest BCUT2D eigenvalue weighted by atomic mass is 35.5. The molecule has 0 fully saturated rings. The van der Waals surface area contributed by atoms with Crippen LogP contribution < -0.4 is 5.32 Å². The Morgan fingerprint density at radius 2 is 1.86 bits per heavy atom. The van der Waals surface area contributed by atoms with Gasteiger partial charge in [-0.3, -0.25) is 20.2 Å².